The Morgan fingerprint density at radius 3 is 2.80 bits per heavy atom. The van der Waals surface area contributed by atoms with Crippen molar-refractivity contribution in [2.24, 2.45) is 0 Å². The summed E-state index contributed by atoms with van der Waals surface area (Å²) in [6.07, 6.45) is 1.52. The largest absolute Gasteiger partial charge is 0.480 e. The van der Waals surface area contributed by atoms with Gasteiger partial charge < -0.3 is 25.4 Å². The van der Waals surface area contributed by atoms with Crippen LogP contribution >= 0.6 is 0 Å². The lowest BCUT2D eigenvalue weighted by Gasteiger charge is -2.34. The van der Waals surface area contributed by atoms with E-state index in [2.05, 4.69) is 17.2 Å². The summed E-state index contributed by atoms with van der Waals surface area (Å²) in [5.74, 6) is -1.50. The van der Waals surface area contributed by atoms with Crippen molar-refractivity contribution in [3.05, 3.63) is 12.7 Å². The van der Waals surface area contributed by atoms with E-state index < -0.39 is 24.1 Å². The molecule has 0 bridgehead atoms. The minimum Gasteiger partial charge on any atom is -0.480 e. The molecule has 2 atom stereocenters. The molecular formula is C12H19N3O5. The third kappa shape index (κ3) is 3.95. The van der Waals surface area contributed by atoms with Crippen molar-refractivity contribution in [3.8, 4) is 0 Å². The molecule has 0 aromatic carbocycles. The van der Waals surface area contributed by atoms with Gasteiger partial charge in [0.05, 0.1) is 13.2 Å². The maximum absolute atomic E-state index is 12.1. The number of urea groups is 1. The van der Waals surface area contributed by atoms with E-state index in [0.717, 1.165) is 0 Å². The van der Waals surface area contributed by atoms with Crippen molar-refractivity contribution in [2.75, 3.05) is 26.8 Å². The number of carbonyl (C=O) groups is 3. The summed E-state index contributed by atoms with van der Waals surface area (Å²) in [7, 11) is 1.46. The maximum atomic E-state index is 12.1. The van der Waals surface area contributed by atoms with Crippen LogP contribution in [-0.2, 0) is 14.3 Å². The number of morpholine rings is 1. The van der Waals surface area contributed by atoms with Gasteiger partial charge in [0, 0.05) is 13.6 Å². The zero-order valence-electron chi connectivity index (χ0n) is 11.3. The Bertz CT molecular complexity index is 399. The molecule has 0 aromatic heterocycles. The van der Waals surface area contributed by atoms with Gasteiger partial charge in [-0.2, -0.15) is 0 Å². The van der Waals surface area contributed by atoms with Gasteiger partial charge in [0.25, 0.3) is 0 Å². The second-order valence-electron chi connectivity index (χ2n) is 4.26. The van der Waals surface area contributed by atoms with Crippen molar-refractivity contribution >= 4 is 17.9 Å². The predicted octanol–water partition coefficient (Wildman–Crippen LogP) is -0.828. The van der Waals surface area contributed by atoms with Crippen LogP contribution < -0.4 is 10.6 Å². The lowest BCUT2D eigenvalue weighted by Crippen LogP contribution is -2.59. The summed E-state index contributed by atoms with van der Waals surface area (Å²) >= 11 is 0. The first kappa shape index (κ1) is 16.0. The van der Waals surface area contributed by atoms with E-state index in [9.17, 15) is 14.4 Å². The molecule has 3 amide bonds. The molecule has 8 heteroatoms. The van der Waals surface area contributed by atoms with Crippen LogP contribution in [0.3, 0.4) is 0 Å². The van der Waals surface area contributed by atoms with Crippen molar-refractivity contribution in [3.63, 3.8) is 0 Å². The van der Waals surface area contributed by atoms with Crippen LogP contribution in [0.15, 0.2) is 12.7 Å². The summed E-state index contributed by atoms with van der Waals surface area (Å²) in [4.78, 5) is 36.1. The molecule has 1 saturated heterocycles. The predicted molar refractivity (Wildman–Crippen MR) is 70.1 cm³/mol. The highest BCUT2D eigenvalue weighted by molar-refractivity contribution is 5.89. The molecule has 8 nitrogen and oxygen atoms in total. The third-order valence-electron chi connectivity index (χ3n) is 2.94. The molecule has 1 aliphatic heterocycles. The fraction of sp³-hybridized carbons (Fsp3) is 0.583. The Labute approximate surface area is 116 Å². The highest BCUT2D eigenvalue weighted by Gasteiger charge is 2.33. The van der Waals surface area contributed by atoms with Crippen LogP contribution in [-0.4, -0.2) is 66.8 Å². The van der Waals surface area contributed by atoms with E-state index >= 15 is 0 Å². The topological polar surface area (TPSA) is 108 Å². The first-order chi connectivity index (χ1) is 9.51. The van der Waals surface area contributed by atoms with Gasteiger partial charge in [-0.15, -0.1) is 6.58 Å². The SMILES string of the molecule is C=CCC(NC(=O)N1CCOCC1C(=O)NC)C(=O)O. The molecule has 0 aromatic rings. The number of hydrogen-bond acceptors (Lipinski definition) is 4. The molecule has 1 aliphatic rings. The van der Waals surface area contributed by atoms with Gasteiger partial charge in [-0.05, 0) is 6.42 Å². The number of carboxylic acids is 1. The van der Waals surface area contributed by atoms with Gasteiger partial charge in [-0.1, -0.05) is 6.08 Å². The van der Waals surface area contributed by atoms with E-state index in [0.29, 0.717) is 6.61 Å². The van der Waals surface area contributed by atoms with Crippen molar-refractivity contribution in [1.82, 2.24) is 15.5 Å². The van der Waals surface area contributed by atoms with Gasteiger partial charge in [-0.25, -0.2) is 9.59 Å². The van der Waals surface area contributed by atoms with Gasteiger partial charge >= 0.3 is 12.0 Å². The standard InChI is InChI=1S/C12H19N3O5/c1-3-4-8(11(17)18)14-12(19)15-5-6-20-7-9(15)10(16)13-2/h3,8-9H,1,4-7H2,2H3,(H,13,16)(H,14,19)(H,17,18). The second kappa shape index (κ2) is 7.49. The highest BCUT2D eigenvalue weighted by Crippen LogP contribution is 2.08. The number of rotatable bonds is 5. The number of aliphatic carboxylic acids is 1. The summed E-state index contributed by atoms with van der Waals surface area (Å²) in [5.41, 5.74) is 0. The Morgan fingerprint density at radius 1 is 1.55 bits per heavy atom. The van der Waals surface area contributed by atoms with Crippen LogP contribution in [0.5, 0.6) is 0 Å². The summed E-state index contributed by atoms with van der Waals surface area (Å²) in [6, 6.07) is -2.42. The number of ether oxygens (including phenoxy) is 1. The van der Waals surface area contributed by atoms with Crippen LogP contribution in [0.2, 0.25) is 0 Å². The molecule has 112 valence electrons. The number of nitrogens with one attached hydrogen (secondary N) is 2. The minimum atomic E-state index is -1.15. The fourth-order valence-electron chi connectivity index (χ4n) is 1.85. The smallest absolute Gasteiger partial charge is 0.326 e. The number of carboxylic acid groups (broad SMARTS) is 1. The second-order valence-corrected chi connectivity index (χ2v) is 4.26. The molecule has 20 heavy (non-hydrogen) atoms. The molecule has 0 aliphatic carbocycles. The quantitative estimate of drug-likeness (QED) is 0.572. The number of carbonyl (C=O) groups excluding carboxylic acids is 2. The van der Waals surface area contributed by atoms with E-state index in [1.54, 1.807) is 0 Å². The number of likely N-dealkylation sites (N-methyl/N-ethyl adjacent to an activating group) is 1. The normalized spacial score (nSPS) is 19.9. The molecule has 0 radical (unpaired) electrons. The van der Waals surface area contributed by atoms with Crippen LogP contribution in [0.4, 0.5) is 4.79 Å². The first-order valence-corrected chi connectivity index (χ1v) is 6.21. The minimum absolute atomic E-state index is 0.0896. The Hall–Kier alpha value is -2.09. The summed E-state index contributed by atoms with van der Waals surface area (Å²) in [5, 5.41) is 13.8. The Morgan fingerprint density at radius 2 is 2.25 bits per heavy atom. The first-order valence-electron chi connectivity index (χ1n) is 6.21. The number of amides is 3. The van der Waals surface area contributed by atoms with Crippen LogP contribution in [0.25, 0.3) is 0 Å². The lowest BCUT2D eigenvalue weighted by molar-refractivity contribution is -0.139. The summed E-state index contributed by atoms with van der Waals surface area (Å²) < 4.78 is 5.17. The van der Waals surface area contributed by atoms with Gasteiger partial charge in [-0.3, -0.25) is 4.79 Å². The molecule has 3 N–H and O–H groups in total. The Balaban J connectivity index is 2.74. The zero-order valence-corrected chi connectivity index (χ0v) is 11.3. The van der Waals surface area contributed by atoms with Crippen LogP contribution in [0.1, 0.15) is 6.42 Å². The number of nitrogens with zero attached hydrogens (tertiary/aromatic N) is 1. The average molecular weight is 285 g/mol. The molecule has 2 unspecified atom stereocenters. The summed E-state index contributed by atoms with van der Waals surface area (Å²) in [6.45, 7) is 4.07. The van der Waals surface area contributed by atoms with Crippen molar-refractivity contribution < 1.29 is 24.2 Å². The van der Waals surface area contributed by atoms with E-state index in [4.69, 9.17) is 9.84 Å². The van der Waals surface area contributed by atoms with E-state index in [-0.39, 0.29) is 25.5 Å². The number of hydrogen-bond donors (Lipinski definition) is 3. The Kier molecular flexibility index (Phi) is 5.98. The molecular weight excluding hydrogens is 266 g/mol. The van der Waals surface area contributed by atoms with E-state index in [1.807, 2.05) is 0 Å². The third-order valence-corrected chi connectivity index (χ3v) is 2.94. The zero-order chi connectivity index (χ0) is 15.1. The lowest BCUT2D eigenvalue weighted by atomic mass is 10.2. The highest BCUT2D eigenvalue weighted by atomic mass is 16.5. The molecule has 0 spiro atoms. The van der Waals surface area contributed by atoms with Gasteiger partial charge in [0.1, 0.15) is 12.1 Å². The molecule has 1 rings (SSSR count). The van der Waals surface area contributed by atoms with E-state index in [1.165, 1.54) is 18.0 Å². The van der Waals surface area contributed by atoms with Crippen LogP contribution in [0, 0.1) is 0 Å². The van der Waals surface area contributed by atoms with Crippen molar-refractivity contribution in [2.45, 2.75) is 18.5 Å². The van der Waals surface area contributed by atoms with Gasteiger partial charge in [0.2, 0.25) is 5.91 Å². The molecule has 1 fully saturated rings. The van der Waals surface area contributed by atoms with Gasteiger partial charge in [0.15, 0.2) is 0 Å². The molecule has 0 saturated carbocycles. The fourth-order valence-corrected chi connectivity index (χ4v) is 1.85. The monoisotopic (exact) mass is 285 g/mol. The van der Waals surface area contributed by atoms with Crippen molar-refractivity contribution in [1.29, 1.82) is 0 Å². The molecule has 1 heterocycles. The maximum Gasteiger partial charge on any atom is 0.326 e. The average Bonchev–Trinajstić information content (AvgIpc) is 2.45.